The summed E-state index contributed by atoms with van der Waals surface area (Å²) < 4.78 is 15.9. The minimum absolute atomic E-state index is 0.0141. The van der Waals surface area contributed by atoms with Gasteiger partial charge in [0.1, 0.15) is 23.0 Å². The molecule has 0 saturated heterocycles. The molecule has 9 aromatic rings. The summed E-state index contributed by atoms with van der Waals surface area (Å²) >= 11 is 0. The van der Waals surface area contributed by atoms with Gasteiger partial charge in [0.05, 0.1) is 11.4 Å². The van der Waals surface area contributed by atoms with Crippen molar-refractivity contribution >= 4 is 80.3 Å². The third-order valence-electron chi connectivity index (χ3n) is 19.8. The van der Waals surface area contributed by atoms with Gasteiger partial charge in [-0.1, -0.05) is 217 Å². The van der Waals surface area contributed by atoms with E-state index in [0.29, 0.717) is 0 Å². The molecule has 4 heterocycles. The van der Waals surface area contributed by atoms with Crippen LogP contribution in [-0.2, 0) is 21.7 Å². The lowest BCUT2D eigenvalue weighted by Crippen LogP contribution is -2.64. The predicted molar refractivity (Wildman–Crippen MR) is 342 cm³/mol. The zero-order valence-electron chi connectivity index (χ0n) is 49.0. The van der Waals surface area contributed by atoms with E-state index in [2.05, 4.69) is 275 Å². The Morgan fingerprint density at radius 2 is 0.675 bits per heavy atom. The highest BCUT2D eigenvalue weighted by Gasteiger charge is 2.53. The molecule has 398 valence electrons. The van der Waals surface area contributed by atoms with E-state index in [9.17, 15) is 0 Å². The summed E-state index contributed by atoms with van der Waals surface area (Å²) in [7, 11) is 0. The average molecular weight is 1050 g/mol. The van der Waals surface area contributed by atoms with Gasteiger partial charge in [-0.25, -0.2) is 0 Å². The Balaban J connectivity index is 1.19. The maximum atomic E-state index is 7.95. The molecular weight excluding hydrogens is 970 g/mol. The van der Waals surface area contributed by atoms with Crippen molar-refractivity contribution in [3.05, 3.63) is 204 Å². The minimum atomic E-state index is -0.199. The zero-order valence-corrected chi connectivity index (χ0v) is 49.0. The van der Waals surface area contributed by atoms with Gasteiger partial charge in [-0.3, -0.25) is 0 Å². The van der Waals surface area contributed by atoms with E-state index in [4.69, 9.17) is 9.47 Å². The fourth-order valence-electron chi connectivity index (χ4n) is 13.0. The summed E-state index contributed by atoms with van der Waals surface area (Å²) in [5.74, 6) is 3.51. The third-order valence-corrected chi connectivity index (χ3v) is 19.8. The highest BCUT2D eigenvalue weighted by molar-refractivity contribution is 7.02. The van der Waals surface area contributed by atoms with Crippen LogP contribution >= 0.6 is 0 Å². The summed E-state index contributed by atoms with van der Waals surface area (Å²) in [5, 5.41) is 0. The quantitative estimate of drug-likeness (QED) is 0.114. The van der Waals surface area contributed by atoms with Crippen molar-refractivity contribution in [2.75, 3.05) is 9.80 Å². The van der Waals surface area contributed by atoms with Crippen LogP contribution in [0, 0.1) is 0 Å². The van der Waals surface area contributed by atoms with Crippen molar-refractivity contribution in [3.8, 4) is 45.3 Å². The molecular formula is C74H74B2N2O2. The van der Waals surface area contributed by atoms with Crippen LogP contribution in [0.1, 0.15) is 131 Å². The van der Waals surface area contributed by atoms with Crippen molar-refractivity contribution < 1.29 is 9.47 Å². The molecule has 0 bridgehead atoms. The van der Waals surface area contributed by atoms with Crippen LogP contribution in [0.5, 0.6) is 23.0 Å². The molecule has 0 unspecified atom stereocenters. The summed E-state index contributed by atoms with van der Waals surface area (Å²) in [6.45, 7) is 27.8. The van der Waals surface area contributed by atoms with E-state index in [-0.39, 0.29) is 35.1 Å². The predicted octanol–water partition coefficient (Wildman–Crippen LogP) is 16.6. The van der Waals surface area contributed by atoms with Crippen LogP contribution in [0.25, 0.3) is 22.3 Å². The van der Waals surface area contributed by atoms with Crippen LogP contribution in [0.15, 0.2) is 182 Å². The smallest absolute Gasteiger partial charge is 0.256 e. The maximum Gasteiger partial charge on any atom is 0.256 e. The summed E-state index contributed by atoms with van der Waals surface area (Å²) in [5.41, 5.74) is 23.4. The Morgan fingerprint density at radius 1 is 0.338 bits per heavy atom. The molecule has 9 aromatic carbocycles. The lowest BCUT2D eigenvalue weighted by Gasteiger charge is -2.47. The van der Waals surface area contributed by atoms with Gasteiger partial charge in [0.25, 0.3) is 13.4 Å². The van der Waals surface area contributed by atoms with E-state index in [1.165, 1.54) is 33.2 Å². The van der Waals surface area contributed by atoms with Gasteiger partial charge in [-0.2, -0.15) is 0 Å². The minimum Gasteiger partial charge on any atom is -0.456 e. The number of hydrogen-bond acceptors (Lipinski definition) is 4. The fraction of sp³-hybridized carbons (Fsp3) is 0.270. The van der Waals surface area contributed by atoms with Gasteiger partial charge < -0.3 is 19.3 Å². The van der Waals surface area contributed by atoms with Crippen molar-refractivity contribution in [2.45, 2.75) is 130 Å². The van der Waals surface area contributed by atoms with Crippen molar-refractivity contribution in [2.24, 2.45) is 0 Å². The molecule has 4 aliphatic rings. The normalized spacial score (nSPS) is 14.1. The first-order valence-corrected chi connectivity index (χ1v) is 29.5. The summed E-state index contributed by atoms with van der Waals surface area (Å²) in [4.78, 5) is 5.08. The second kappa shape index (κ2) is 19.0. The molecule has 0 N–H and O–H groups in total. The molecule has 4 nitrogen and oxygen atoms in total. The first kappa shape index (κ1) is 51.7. The summed E-state index contributed by atoms with van der Waals surface area (Å²) in [6.07, 6.45) is 4.09. The first-order valence-electron chi connectivity index (χ1n) is 29.5. The standard InChI is InChI=1S/C74H74B2N2O2/c1-13-71(5,6)51-29-35-55(36-30-51)77-61-41-33-53(73(9,10)15-3)45-59(61)75-57-39-27-50(48-25-21-18-22-26-48)44-64(57)80-70-65(75)67(77)69-66-68(70)78(56-37-31-52(32-38-56)72(7,8)14-2)62-42-34-54(74(11,12)16-4)46-60(62)76(66)58-40-28-49(43-63(58)79-69)47-23-19-17-20-24-47/h17-46H,13-16H2,1-12H3. The molecule has 13 rings (SSSR count). The van der Waals surface area contributed by atoms with Gasteiger partial charge in [0.2, 0.25) is 0 Å². The zero-order chi connectivity index (χ0) is 55.6. The van der Waals surface area contributed by atoms with Crippen LogP contribution in [0.4, 0.5) is 34.1 Å². The average Bonchev–Trinajstić information content (AvgIpc) is 2.84. The van der Waals surface area contributed by atoms with Gasteiger partial charge in [-0.15, -0.1) is 0 Å². The lowest BCUT2D eigenvalue weighted by atomic mass is 9.31. The first-order chi connectivity index (χ1) is 38.5. The highest BCUT2D eigenvalue weighted by atomic mass is 16.5. The van der Waals surface area contributed by atoms with Gasteiger partial charge in [0.15, 0.2) is 0 Å². The Bertz CT molecular complexity index is 3640. The number of anilines is 6. The number of hydrogen-bond donors (Lipinski definition) is 0. The van der Waals surface area contributed by atoms with Crippen molar-refractivity contribution in [3.63, 3.8) is 0 Å². The van der Waals surface area contributed by atoms with E-state index >= 15 is 0 Å². The van der Waals surface area contributed by atoms with Crippen molar-refractivity contribution in [1.82, 2.24) is 0 Å². The third kappa shape index (κ3) is 8.09. The van der Waals surface area contributed by atoms with E-state index in [0.717, 1.165) is 127 Å². The monoisotopic (exact) mass is 1040 g/mol. The molecule has 0 atom stereocenters. The molecule has 0 fully saturated rings. The van der Waals surface area contributed by atoms with Crippen LogP contribution < -0.4 is 52.1 Å². The number of benzene rings is 9. The highest BCUT2D eigenvalue weighted by Crippen LogP contribution is 2.55. The maximum absolute atomic E-state index is 7.95. The van der Waals surface area contributed by atoms with Crippen LogP contribution in [-0.4, -0.2) is 13.4 Å². The Kier molecular flexibility index (Phi) is 12.3. The largest absolute Gasteiger partial charge is 0.456 e. The molecule has 4 aliphatic heterocycles. The van der Waals surface area contributed by atoms with Crippen molar-refractivity contribution in [1.29, 1.82) is 0 Å². The number of fused-ring (bicyclic) bond motifs is 10. The summed E-state index contributed by atoms with van der Waals surface area (Å²) in [6, 6.07) is 68.9. The Hall–Kier alpha value is -7.69. The number of ether oxygens (including phenoxy) is 2. The topological polar surface area (TPSA) is 24.9 Å². The molecule has 0 aromatic heterocycles. The fourth-order valence-corrected chi connectivity index (χ4v) is 13.0. The SMILES string of the molecule is CCC(C)(C)c1ccc(N2c3ccc(C(C)(C)CC)cc3B3c4ccc(-c5ccccc5)cc4Oc4c3c2c2c3c4N(c4ccc(C(C)(C)CC)cc4)c4ccc(C(C)(C)CC)cc4B3c3ccc(-c4ccccc4)cc3O2)cc1. The molecule has 0 radical (unpaired) electrons. The van der Waals surface area contributed by atoms with Crippen LogP contribution in [0.3, 0.4) is 0 Å². The van der Waals surface area contributed by atoms with E-state index < -0.39 is 0 Å². The molecule has 0 aliphatic carbocycles. The van der Waals surface area contributed by atoms with Crippen LogP contribution in [0.2, 0.25) is 0 Å². The van der Waals surface area contributed by atoms with Gasteiger partial charge in [0, 0.05) is 33.7 Å². The molecule has 0 amide bonds. The van der Waals surface area contributed by atoms with Gasteiger partial charge in [-0.05, 0) is 162 Å². The second-order valence-corrected chi connectivity index (χ2v) is 25.8. The molecule has 6 heteroatoms. The van der Waals surface area contributed by atoms with E-state index in [1.54, 1.807) is 0 Å². The second-order valence-electron chi connectivity index (χ2n) is 25.8. The molecule has 80 heavy (non-hydrogen) atoms. The molecule has 0 spiro atoms. The lowest BCUT2D eigenvalue weighted by molar-refractivity contribution is 0.477. The van der Waals surface area contributed by atoms with Gasteiger partial charge >= 0.3 is 0 Å². The number of nitrogens with zero attached hydrogens (tertiary/aromatic N) is 2. The Morgan fingerprint density at radius 3 is 1.02 bits per heavy atom. The molecule has 0 saturated carbocycles. The Labute approximate surface area is 477 Å². The number of rotatable bonds is 12. The van der Waals surface area contributed by atoms with E-state index in [1.807, 2.05) is 0 Å².